The average Bonchev–Trinajstić information content (AvgIpc) is 2.40. The number of hydrogen-bond donors (Lipinski definition) is 1. The quantitative estimate of drug-likeness (QED) is 0.893. The van der Waals surface area contributed by atoms with E-state index in [4.69, 9.17) is 5.26 Å². The van der Waals surface area contributed by atoms with Crippen LogP contribution in [-0.4, -0.2) is 4.98 Å². The number of H-pyrrole nitrogens is 1. The van der Waals surface area contributed by atoms with Crippen molar-refractivity contribution in [2.45, 2.75) is 19.8 Å². The van der Waals surface area contributed by atoms with Crippen molar-refractivity contribution in [1.29, 1.82) is 5.26 Å². The fourth-order valence-electron chi connectivity index (χ4n) is 1.87. The van der Waals surface area contributed by atoms with E-state index in [1.165, 1.54) is 5.56 Å². The van der Waals surface area contributed by atoms with E-state index in [1.54, 1.807) is 12.1 Å². The number of aromatic nitrogens is 1. The molecule has 1 aromatic heterocycles. The predicted molar refractivity (Wildman–Crippen MR) is 71.2 cm³/mol. The second kappa shape index (κ2) is 5.33. The van der Waals surface area contributed by atoms with Crippen LogP contribution in [0.15, 0.2) is 41.2 Å². The Hall–Kier alpha value is -2.34. The maximum atomic E-state index is 11.5. The third-order valence-electron chi connectivity index (χ3n) is 2.83. The third-order valence-corrected chi connectivity index (χ3v) is 2.83. The fraction of sp³-hybridized carbons (Fsp3) is 0.200. The van der Waals surface area contributed by atoms with Crippen LogP contribution in [0.25, 0.3) is 11.3 Å². The highest BCUT2D eigenvalue weighted by atomic mass is 16.1. The smallest absolute Gasteiger partial charge is 0.266 e. The largest absolute Gasteiger partial charge is 0.321 e. The number of nitrogens with zero attached hydrogens (tertiary/aromatic N) is 1. The van der Waals surface area contributed by atoms with Crippen LogP contribution in [-0.2, 0) is 6.42 Å². The molecule has 3 heteroatoms. The van der Waals surface area contributed by atoms with Crippen molar-refractivity contribution in [3.8, 4) is 17.3 Å². The molecule has 0 radical (unpaired) electrons. The second-order valence-corrected chi connectivity index (χ2v) is 4.17. The van der Waals surface area contributed by atoms with Crippen molar-refractivity contribution in [1.82, 2.24) is 4.98 Å². The van der Waals surface area contributed by atoms with E-state index in [0.29, 0.717) is 0 Å². The van der Waals surface area contributed by atoms with Crippen molar-refractivity contribution in [3.63, 3.8) is 0 Å². The molecule has 0 unspecified atom stereocenters. The van der Waals surface area contributed by atoms with E-state index in [0.717, 1.165) is 24.1 Å². The molecule has 0 saturated carbocycles. The first-order valence-corrected chi connectivity index (χ1v) is 5.97. The Kier molecular flexibility index (Phi) is 3.59. The SMILES string of the molecule is CCCc1ccc(-c2ccc(C#N)c(=O)[nH]2)cc1. The Morgan fingerprint density at radius 2 is 1.89 bits per heavy atom. The zero-order chi connectivity index (χ0) is 13.0. The maximum absolute atomic E-state index is 11.5. The van der Waals surface area contributed by atoms with E-state index in [-0.39, 0.29) is 11.1 Å². The lowest BCUT2D eigenvalue weighted by Gasteiger charge is -2.03. The van der Waals surface area contributed by atoms with Gasteiger partial charge in [-0.25, -0.2) is 0 Å². The molecule has 2 aromatic rings. The third kappa shape index (κ3) is 2.49. The summed E-state index contributed by atoms with van der Waals surface area (Å²) in [5, 5.41) is 8.71. The molecule has 0 atom stereocenters. The summed E-state index contributed by atoms with van der Waals surface area (Å²) in [6.07, 6.45) is 2.18. The number of pyridine rings is 1. The van der Waals surface area contributed by atoms with Crippen LogP contribution < -0.4 is 5.56 Å². The number of rotatable bonds is 3. The molecule has 0 aliphatic heterocycles. The van der Waals surface area contributed by atoms with E-state index < -0.39 is 0 Å². The Morgan fingerprint density at radius 1 is 1.17 bits per heavy atom. The normalized spacial score (nSPS) is 10.0. The van der Waals surface area contributed by atoms with E-state index >= 15 is 0 Å². The second-order valence-electron chi connectivity index (χ2n) is 4.17. The molecule has 1 aromatic carbocycles. The summed E-state index contributed by atoms with van der Waals surface area (Å²) < 4.78 is 0. The molecule has 18 heavy (non-hydrogen) atoms. The number of nitriles is 1. The lowest BCUT2D eigenvalue weighted by atomic mass is 10.1. The van der Waals surface area contributed by atoms with Crippen molar-refractivity contribution in [3.05, 3.63) is 57.9 Å². The van der Waals surface area contributed by atoms with Gasteiger partial charge in [0, 0.05) is 5.69 Å². The molecule has 0 bridgehead atoms. The Morgan fingerprint density at radius 3 is 2.44 bits per heavy atom. The van der Waals surface area contributed by atoms with E-state index in [2.05, 4.69) is 24.0 Å². The fourth-order valence-corrected chi connectivity index (χ4v) is 1.87. The minimum absolute atomic E-state index is 0.140. The highest BCUT2D eigenvalue weighted by Gasteiger charge is 2.02. The van der Waals surface area contributed by atoms with Gasteiger partial charge in [0.15, 0.2) is 0 Å². The van der Waals surface area contributed by atoms with Gasteiger partial charge < -0.3 is 4.98 Å². The van der Waals surface area contributed by atoms with E-state index in [1.807, 2.05) is 18.2 Å². The molecular formula is C15H14N2O. The molecule has 0 aliphatic carbocycles. The van der Waals surface area contributed by atoms with Crippen LogP contribution in [0.2, 0.25) is 0 Å². The minimum Gasteiger partial charge on any atom is -0.321 e. The van der Waals surface area contributed by atoms with Crippen LogP contribution in [0.5, 0.6) is 0 Å². The van der Waals surface area contributed by atoms with Gasteiger partial charge in [0.1, 0.15) is 11.6 Å². The number of hydrogen-bond acceptors (Lipinski definition) is 2. The van der Waals surface area contributed by atoms with Crippen molar-refractivity contribution in [2.75, 3.05) is 0 Å². The summed E-state index contributed by atoms with van der Waals surface area (Å²) in [6.45, 7) is 2.14. The molecular weight excluding hydrogens is 224 g/mol. The zero-order valence-corrected chi connectivity index (χ0v) is 10.2. The highest BCUT2D eigenvalue weighted by Crippen LogP contribution is 2.17. The average molecular weight is 238 g/mol. The Labute approximate surface area is 106 Å². The molecule has 0 amide bonds. The number of nitrogens with one attached hydrogen (secondary N) is 1. The molecule has 0 fully saturated rings. The van der Waals surface area contributed by atoms with Crippen LogP contribution in [0.4, 0.5) is 0 Å². The topological polar surface area (TPSA) is 56.6 Å². The minimum atomic E-state index is -0.340. The molecule has 2 rings (SSSR count). The Bertz CT molecular complexity index is 633. The first kappa shape index (κ1) is 12.1. The summed E-state index contributed by atoms with van der Waals surface area (Å²) >= 11 is 0. The van der Waals surface area contributed by atoms with Gasteiger partial charge in [-0.05, 0) is 29.7 Å². The van der Waals surface area contributed by atoms with Crippen LogP contribution in [0.1, 0.15) is 24.5 Å². The molecule has 90 valence electrons. The summed E-state index contributed by atoms with van der Waals surface area (Å²) in [6, 6.07) is 13.3. The molecule has 1 heterocycles. The maximum Gasteiger partial charge on any atom is 0.266 e. The molecule has 1 N–H and O–H groups in total. The van der Waals surface area contributed by atoms with Crippen LogP contribution in [0.3, 0.4) is 0 Å². The van der Waals surface area contributed by atoms with Gasteiger partial charge >= 0.3 is 0 Å². The van der Waals surface area contributed by atoms with Gasteiger partial charge in [-0.3, -0.25) is 4.79 Å². The molecule has 3 nitrogen and oxygen atoms in total. The predicted octanol–water partition coefficient (Wildman–Crippen LogP) is 2.87. The summed E-state index contributed by atoms with van der Waals surface area (Å²) in [5.41, 5.74) is 2.78. The molecule has 0 saturated heterocycles. The van der Waals surface area contributed by atoms with Crippen molar-refractivity contribution < 1.29 is 0 Å². The van der Waals surface area contributed by atoms with Crippen molar-refractivity contribution in [2.24, 2.45) is 0 Å². The molecule has 0 aliphatic rings. The van der Waals surface area contributed by atoms with Crippen molar-refractivity contribution >= 4 is 0 Å². The zero-order valence-electron chi connectivity index (χ0n) is 10.2. The van der Waals surface area contributed by atoms with Gasteiger partial charge in [0.2, 0.25) is 0 Å². The number of aromatic amines is 1. The number of benzene rings is 1. The van der Waals surface area contributed by atoms with E-state index in [9.17, 15) is 4.79 Å². The lowest BCUT2D eigenvalue weighted by molar-refractivity contribution is 0.922. The van der Waals surface area contributed by atoms with Crippen LogP contribution >= 0.6 is 0 Å². The Balaban J connectivity index is 2.34. The highest BCUT2D eigenvalue weighted by molar-refractivity contribution is 5.59. The van der Waals surface area contributed by atoms with Gasteiger partial charge in [-0.1, -0.05) is 37.6 Å². The summed E-state index contributed by atoms with van der Waals surface area (Å²) in [4.78, 5) is 14.3. The van der Waals surface area contributed by atoms with Gasteiger partial charge in [0.05, 0.1) is 0 Å². The first-order valence-electron chi connectivity index (χ1n) is 5.97. The van der Waals surface area contributed by atoms with Gasteiger partial charge in [-0.2, -0.15) is 5.26 Å². The first-order chi connectivity index (χ1) is 8.74. The van der Waals surface area contributed by atoms with Gasteiger partial charge in [0.25, 0.3) is 5.56 Å². The van der Waals surface area contributed by atoms with Crippen LogP contribution in [0, 0.1) is 11.3 Å². The standard InChI is InChI=1S/C15H14N2O/c1-2-3-11-4-6-12(7-5-11)14-9-8-13(10-16)15(18)17-14/h4-9H,2-3H2,1H3,(H,17,18). The number of aryl methyl sites for hydroxylation is 1. The monoisotopic (exact) mass is 238 g/mol. The lowest BCUT2D eigenvalue weighted by Crippen LogP contribution is -2.10. The summed E-state index contributed by atoms with van der Waals surface area (Å²) in [7, 11) is 0. The molecule has 0 spiro atoms. The van der Waals surface area contributed by atoms with Gasteiger partial charge in [-0.15, -0.1) is 0 Å². The summed E-state index contributed by atoms with van der Waals surface area (Å²) in [5.74, 6) is 0.